The first-order chi connectivity index (χ1) is 7.72. The van der Waals surface area contributed by atoms with E-state index in [1.165, 1.54) is 64.7 Å². The first kappa shape index (κ1) is 12.4. The van der Waals surface area contributed by atoms with Gasteiger partial charge in [0.2, 0.25) is 0 Å². The molecule has 1 saturated heterocycles. The standard InChI is InChI=1S/C14H28N2/c1-3-14(2)7-11-16(12-8-14)10-4-9-15-13-5-6-13/h13,15H,3-12H2,1-2H3. The molecule has 0 bridgehead atoms. The number of piperidine rings is 1. The van der Waals surface area contributed by atoms with Crippen LogP contribution >= 0.6 is 0 Å². The summed E-state index contributed by atoms with van der Waals surface area (Å²) in [6.07, 6.45) is 8.32. The Morgan fingerprint density at radius 3 is 2.50 bits per heavy atom. The minimum absolute atomic E-state index is 0.642. The minimum Gasteiger partial charge on any atom is -0.314 e. The van der Waals surface area contributed by atoms with Crippen molar-refractivity contribution >= 4 is 0 Å². The lowest BCUT2D eigenvalue weighted by Gasteiger charge is -2.39. The zero-order chi connectivity index (χ0) is 11.4. The molecule has 94 valence electrons. The van der Waals surface area contributed by atoms with Gasteiger partial charge >= 0.3 is 0 Å². The Balaban J connectivity index is 1.54. The van der Waals surface area contributed by atoms with Gasteiger partial charge in [0.05, 0.1) is 0 Å². The maximum Gasteiger partial charge on any atom is 0.00682 e. The fourth-order valence-electron chi connectivity index (χ4n) is 2.57. The molecule has 0 unspecified atom stereocenters. The van der Waals surface area contributed by atoms with E-state index >= 15 is 0 Å². The molecule has 1 aliphatic heterocycles. The van der Waals surface area contributed by atoms with Crippen LogP contribution in [-0.2, 0) is 0 Å². The van der Waals surface area contributed by atoms with Crippen LogP contribution in [0, 0.1) is 5.41 Å². The molecule has 1 N–H and O–H groups in total. The summed E-state index contributed by atoms with van der Waals surface area (Å²) in [6, 6.07) is 0.879. The van der Waals surface area contributed by atoms with Crippen molar-refractivity contribution in [1.29, 1.82) is 0 Å². The van der Waals surface area contributed by atoms with Crippen molar-refractivity contribution in [1.82, 2.24) is 10.2 Å². The third kappa shape index (κ3) is 3.74. The maximum absolute atomic E-state index is 3.60. The Labute approximate surface area is 101 Å². The first-order valence-electron chi connectivity index (χ1n) is 7.18. The molecule has 2 aliphatic rings. The van der Waals surface area contributed by atoms with E-state index in [1.54, 1.807) is 0 Å². The Morgan fingerprint density at radius 2 is 1.94 bits per heavy atom. The van der Waals surface area contributed by atoms with Gasteiger partial charge in [0, 0.05) is 6.04 Å². The number of nitrogens with one attached hydrogen (secondary N) is 1. The number of hydrogen-bond donors (Lipinski definition) is 1. The normalized spacial score (nSPS) is 25.9. The monoisotopic (exact) mass is 224 g/mol. The van der Waals surface area contributed by atoms with Crippen molar-refractivity contribution < 1.29 is 0 Å². The number of nitrogens with zero attached hydrogens (tertiary/aromatic N) is 1. The van der Waals surface area contributed by atoms with Crippen LogP contribution in [0.25, 0.3) is 0 Å². The molecule has 0 aromatic rings. The molecule has 0 atom stereocenters. The molecule has 0 aromatic carbocycles. The van der Waals surface area contributed by atoms with E-state index in [1.807, 2.05) is 0 Å². The third-order valence-corrected chi connectivity index (χ3v) is 4.58. The van der Waals surface area contributed by atoms with Gasteiger partial charge in [-0.25, -0.2) is 0 Å². The van der Waals surface area contributed by atoms with Crippen LogP contribution in [0.4, 0.5) is 0 Å². The zero-order valence-electron chi connectivity index (χ0n) is 11.1. The molecular formula is C14H28N2. The second kappa shape index (κ2) is 5.50. The fraction of sp³-hybridized carbons (Fsp3) is 1.00. The van der Waals surface area contributed by atoms with Crippen molar-refractivity contribution in [2.75, 3.05) is 26.2 Å². The van der Waals surface area contributed by atoms with Crippen LogP contribution in [0.15, 0.2) is 0 Å². The molecule has 2 fully saturated rings. The van der Waals surface area contributed by atoms with E-state index in [9.17, 15) is 0 Å². The van der Waals surface area contributed by atoms with Gasteiger partial charge in [-0.3, -0.25) is 0 Å². The number of likely N-dealkylation sites (tertiary alicyclic amines) is 1. The van der Waals surface area contributed by atoms with Crippen LogP contribution in [0.1, 0.15) is 52.4 Å². The molecule has 2 heteroatoms. The predicted molar refractivity (Wildman–Crippen MR) is 69.7 cm³/mol. The van der Waals surface area contributed by atoms with Crippen molar-refractivity contribution in [2.24, 2.45) is 5.41 Å². The second-order valence-electron chi connectivity index (χ2n) is 6.09. The van der Waals surface area contributed by atoms with Crippen LogP contribution < -0.4 is 5.32 Å². The van der Waals surface area contributed by atoms with Crippen molar-refractivity contribution in [2.45, 2.75) is 58.4 Å². The van der Waals surface area contributed by atoms with Gasteiger partial charge in [-0.2, -0.15) is 0 Å². The second-order valence-corrected chi connectivity index (χ2v) is 6.09. The maximum atomic E-state index is 3.60. The third-order valence-electron chi connectivity index (χ3n) is 4.58. The first-order valence-corrected chi connectivity index (χ1v) is 7.18. The van der Waals surface area contributed by atoms with Gasteiger partial charge in [-0.05, 0) is 63.7 Å². The Bertz CT molecular complexity index is 203. The molecule has 0 spiro atoms. The van der Waals surface area contributed by atoms with Crippen LogP contribution in [0.3, 0.4) is 0 Å². The van der Waals surface area contributed by atoms with Crippen molar-refractivity contribution in [3.05, 3.63) is 0 Å². The van der Waals surface area contributed by atoms with Gasteiger partial charge in [0.25, 0.3) is 0 Å². The molecule has 0 radical (unpaired) electrons. The van der Waals surface area contributed by atoms with Crippen LogP contribution in [0.2, 0.25) is 0 Å². The topological polar surface area (TPSA) is 15.3 Å². The average Bonchev–Trinajstić information content (AvgIpc) is 3.11. The smallest absolute Gasteiger partial charge is 0.00682 e. The van der Waals surface area contributed by atoms with Gasteiger partial charge in [0.15, 0.2) is 0 Å². The molecule has 1 heterocycles. The largest absolute Gasteiger partial charge is 0.314 e. The molecule has 1 aliphatic carbocycles. The van der Waals surface area contributed by atoms with E-state index in [0.717, 1.165) is 6.04 Å². The quantitative estimate of drug-likeness (QED) is 0.698. The molecule has 2 rings (SSSR count). The average molecular weight is 224 g/mol. The predicted octanol–water partition coefficient (Wildman–Crippen LogP) is 2.64. The Hall–Kier alpha value is -0.0800. The van der Waals surface area contributed by atoms with E-state index < -0.39 is 0 Å². The van der Waals surface area contributed by atoms with Crippen LogP contribution in [0.5, 0.6) is 0 Å². The van der Waals surface area contributed by atoms with E-state index in [-0.39, 0.29) is 0 Å². The summed E-state index contributed by atoms with van der Waals surface area (Å²) in [7, 11) is 0. The lowest BCUT2D eigenvalue weighted by atomic mass is 9.78. The summed E-state index contributed by atoms with van der Waals surface area (Å²) in [5, 5.41) is 3.60. The molecule has 0 amide bonds. The van der Waals surface area contributed by atoms with Crippen molar-refractivity contribution in [3.8, 4) is 0 Å². The highest BCUT2D eigenvalue weighted by Gasteiger charge is 2.27. The Kier molecular flexibility index (Phi) is 4.26. The highest BCUT2D eigenvalue weighted by molar-refractivity contribution is 4.82. The molecule has 2 nitrogen and oxygen atoms in total. The lowest BCUT2D eigenvalue weighted by molar-refractivity contribution is 0.114. The van der Waals surface area contributed by atoms with Gasteiger partial charge in [0.1, 0.15) is 0 Å². The zero-order valence-corrected chi connectivity index (χ0v) is 11.1. The Morgan fingerprint density at radius 1 is 1.25 bits per heavy atom. The minimum atomic E-state index is 0.642. The molecule has 0 aromatic heterocycles. The highest BCUT2D eigenvalue weighted by atomic mass is 15.1. The number of hydrogen-bond acceptors (Lipinski definition) is 2. The number of rotatable bonds is 6. The summed E-state index contributed by atoms with van der Waals surface area (Å²) >= 11 is 0. The van der Waals surface area contributed by atoms with Gasteiger partial charge in [-0.15, -0.1) is 0 Å². The highest BCUT2D eigenvalue weighted by Crippen LogP contribution is 2.33. The summed E-state index contributed by atoms with van der Waals surface area (Å²) in [5.74, 6) is 0. The van der Waals surface area contributed by atoms with E-state index in [2.05, 4.69) is 24.1 Å². The van der Waals surface area contributed by atoms with Gasteiger partial charge in [-0.1, -0.05) is 20.3 Å². The molecule has 16 heavy (non-hydrogen) atoms. The van der Waals surface area contributed by atoms with E-state index in [0.29, 0.717) is 5.41 Å². The lowest BCUT2D eigenvalue weighted by Crippen LogP contribution is -2.39. The summed E-state index contributed by atoms with van der Waals surface area (Å²) in [4.78, 5) is 2.66. The van der Waals surface area contributed by atoms with Crippen molar-refractivity contribution in [3.63, 3.8) is 0 Å². The SMILES string of the molecule is CCC1(C)CCN(CCCNC2CC2)CC1. The fourth-order valence-corrected chi connectivity index (χ4v) is 2.57. The van der Waals surface area contributed by atoms with Crippen LogP contribution in [-0.4, -0.2) is 37.1 Å². The summed E-state index contributed by atoms with van der Waals surface area (Å²) in [6.45, 7) is 9.99. The summed E-state index contributed by atoms with van der Waals surface area (Å²) < 4.78 is 0. The molecule has 1 saturated carbocycles. The van der Waals surface area contributed by atoms with Gasteiger partial charge < -0.3 is 10.2 Å². The molecular weight excluding hydrogens is 196 g/mol. The summed E-state index contributed by atoms with van der Waals surface area (Å²) in [5.41, 5.74) is 0.642. The van der Waals surface area contributed by atoms with E-state index in [4.69, 9.17) is 0 Å².